The van der Waals surface area contributed by atoms with Gasteiger partial charge in [-0.15, -0.1) is 0 Å². The van der Waals surface area contributed by atoms with Gasteiger partial charge in [-0.05, 0) is 31.6 Å². The van der Waals surface area contributed by atoms with Crippen LogP contribution in [0.4, 0.5) is 0 Å². The van der Waals surface area contributed by atoms with Crippen molar-refractivity contribution in [2.75, 3.05) is 6.54 Å². The van der Waals surface area contributed by atoms with Crippen molar-refractivity contribution in [2.24, 2.45) is 11.7 Å². The van der Waals surface area contributed by atoms with Gasteiger partial charge >= 0.3 is 0 Å². The molecule has 0 spiro atoms. The number of hydrogen-bond donors (Lipinski definition) is 2. The molecule has 2 nitrogen and oxygen atoms in total. The molecule has 0 aliphatic heterocycles. The van der Waals surface area contributed by atoms with Crippen LogP contribution < -0.4 is 11.1 Å². The van der Waals surface area contributed by atoms with Crippen molar-refractivity contribution in [2.45, 2.75) is 69.9 Å². The largest absolute Gasteiger partial charge is 0.329 e. The van der Waals surface area contributed by atoms with E-state index in [1.165, 1.54) is 51.4 Å². The molecule has 2 rings (SSSR count). The van der Waals surface area contributed by atoms with Crippen LogP contribution in [-0.2, 0) is 0 Å². The molecular weight excluding hydrogens is 184 g/mol. The Morgan fingerprint density at radius 3 is 2.40 bits per heavy atom. The van der Waals surface area contributed by atoms with E-state index in [2.05, 4.69) is 12.2 Å². The highest BCUT2D eigenvalue weighted by atomic mass is 15.0. The van der Waals surface area contributed by atoms with Crippen LogP contribution in [0.3, 0.4) is 0 Å². The summed E-state index contributed by atoms with van der Waals surface area (Å²) in [6.07, 6.45) is 11.0. The van der Waals surface area contributed by atoms with Crippen LogP contribution in [-0.4, -0.2) is 18.1 Å². The minimum absolute atomic E-state index is 0.280. The maximum atomic E-state index is 6.01. The summed E-state index contributed by atoms with van der Waals surface area (Å²) >= 11 is 0. The van der Waals surface area contributed by atoms with Gasteiger partial charge in [-0.25, -0.2) is 0 Å². The normalized spacial score (nSPS) is 38.4. The third kappa shape index (κ3) is 2.36. The summed E-state index contributed by atoms with van der Waals surface area (Å²) in [5, 5.41) is 3.91. The van der Waals surface area contributed by atoms with Crippen LogP contribution >= 0.6 is 0 Å². The van der Waals surface area contributed by atoms with E-state index >= 15 is 0 Å². The van der Waals surface area contributed by atoms with E-state index in [1.807, 2.05) is 0 Å². The monoisotopic (exact) mass is 210 g/mol. The van der Waals surface area contributed by atoms with Gasteiger partial charge in [0.25, 0.3) is 0 Å². The second-order valence-corrected chi connectivity index (χ2v) is 5.63. The summed E-state index contributed by atoms with van der Waals surface area (Å²) in [5.74, 6) is 0.768. The Balaban J connectivity index is 1.94. The first kappa shape index (κ1) is 11.4. The van der Waals surface area contributed by atoms with Crippen LogP contribution in [0.5, 0.6) is 0 Å². The van der Waals surface area contributed by atoms with Crippen molar-refractivity contribution in [1.82, 2.24) is 5.32 Å². The van der Waals surface area contributed by atoms with E-state index in [9.17, 15) is 0 Å². The number of rotatable bonds is 3. The van der Waals surface area contributed by atoms with Gasteiger partial charge in [0.05, 0.1) is 0 Å². The van der Waals surface area contributed by atoms with E-state index in [0.717, 1.165) is 18.5 Å². The number of nitrogens with two attached hydrogens (primary N) is 1. The fraction of sp³-hybridized carbons (Fsp3) is 1.00. The molecule has 15 heavy (non-hydrogen) atoms. The van der Waals surface area contributed by atoms with Crippen LogP contribution in [0.25, 0.3) is 0 Å². The van der Waals surface area contributed by atoms with Gasteiger partial charge in [0.1, 0.15) is 0 Å². The fourth-order valence-corrected chi connectivity index (χ4v) is 3.48. The second kappa shape index (κ2) is 4.84. The first-order valence-corrected chi connectivity index (χ1v) is 6.74. The lowest BCUT2D eigenvalue weighted by Gasteiger charge is -2.39. The first-order chi connectivity index (χ1) is 7.27. The van der Waals surface area contributed by atoms with Crippen molar-refractivity contribution in [1.29, 1.82) is 0 Å². The molecule has 0 saturated heterocycles. The summed E-state index contributed by atoms with van der Waals surface area (Å²) in [6.45, 7) is 3.19. The molecule has 0 heterocycles. The Morgan fingerprint density at radius 2 is 1.87 bits per heavy atom. The van der Waals surface area contributed by atoms with Crippen molar-refractivity contribution < 1.29 is 0 Å². The van der Waals surface area contributed by atoms with Gasteiger partial charge in [-0.1, -0.05) is 32.6 Å². The molecule has 2 heteroatoms. The Bertz CT molecular complexity index is 199. The molecular formula is C13H26N2. The van der Waals surface area contributed by atoms with Gasteiger partial charge in [-0.2, -0.15) is 0 Å². The zero-order valence-electron chi connectivity index (χ0n) is 10.1. The lowest BCUT2D eigenvalue weighted by Crippen LogP contribution is -2.57. The molecule has 2 aliphatic rings. The van der Waals surface area contributed by atoms with Gasteiger partial charge in [0.15, 0.2) is 0 Å². The molecule has 3 N–H and O–H groups in total. The first-order valence-electron chi connectivity index (χ1n) is 6.74. The Kier molecular flexibility index (Phi) is 3.68. The van der Waals surface area contributed by atoms with Gasteiger partial charge in [-0.3, -0.25) is 0 Å². The van der Waals surface area contributed by atoms with Crippen LogP contribution in [0.15, 0.2) is 0 Å². The Hall–Kier alpha value is -0.0800. The van der Waals surface area contributed by atoms with Crippen LogP contribution in [0.2, 0.25) is 0 Å². The van der Waals surface area contributed by atoms with E-state index in [-0.39, 0.29) is 5.54 Å². The highest BCUT2D eigenvalue weighted by molar-refractivity contribution is 5.00. The fourth-order valence-electron chi connectivity index (χ4n) is 3.48. The van der Waals surface area contributed by atoms with E-state index < -0.39 is 0 Å². The van der Waals surface area contributed by atoms with Crippen molar-refractivity contribution >= 4 is 0 Å². The van der Waals surface area contributed by atoms with E-state index in [1.54, 1.807) is 0 Å². The van der Waals surface area contributed by atoms with Crippen LogP contribution in [0, 0.1) is 5.92 Å². The molecule has 0 bridgehead atoms. The molecule has 0 aromatic carbocycles. The zero-order valence-corrected chi connectivity index (χ0v) is 10.1. The molecule has 0 radical (unpaired) electrons. The highest BCUT2D eigenvalue weighted by Gasteiger charge is 2.40. The summed E-state index contributed by atoms with van der Waals surface area (Å²) in [5.41, 5.74) is 6.29. The number of hydrogen-bond acceptors (Lipinski definition) is 2. The second-order valence-electron chi connectivity index (χ2n) is 5.63. The van der Waals surface area contributed by atoms with Gasteiger partial charge in [0.2, 0.25) is 0 Å². The lowest BCUT2D eigenvalue weighted by molar-refractivity contribution is 0.210. The SMILES string of the molecule is CC1CCCC1(CN)NC1CCCCC1. The molecule has 2 saturated carbocycles. The molecule has 2 atom stereocenters. The molecule has 2 aliphatic carbocycles. The third-order valence-electron chi connectivity index (χ3n) is 4.66. The Morgan fingerprint density at radius 1 is 1.13 bits per heavy atom. The minimum atomic E-state index is 0.280. The highest BCUT2D eigenvalue weighted by Crippen LogP contribution is 2.36. The van der Waals surface area contributed by atoms with E-state index in [0.29, 0.717) is 0 Å². The van der Waals surface area contributed by atoms with Crippen molar-refractivity contribution in [3.05, 3.63) is 0 Å². The van der Waals surface area contributed by atoms with Crippen molar-refractivity contribution in [3.8, 4) is 0 Å². The average molecular weight is 210 g/mol. The predicted molar refractivity (Wildman–Crippen MR) is 64.8 cm³/mol. The van der Waals surface area contributed by atoms with Gasteiger partial charge in [0, 0.05) is 18.1 Å². The van der Waals surface area contributed by atoms with Crippen molar-refractivity contribution in [3.63, 3.8) is 0 Å². The molecule has 0 amide bonds. The molecule has 2 unspecified atom stereocenters. The molecule has 0 aromatic rings. The molecule has 0 aromatic heterocycles. The average Bonchev–Trinajstić information content (AvgIpc) is 2.62. The smallest absolute Gasteiger partial charge is 0.0332 e. The Labute approximate surface area is 94.0 Å². The summed E-state index contributed by atoms with van der Waals surface area (Å²) in [4.78, 5) is 0. The quantitative estimate of drug-likeness (QED) is 0.751. The van der Waals surface area contributed by atoms with E-state index in [4.69, 9.17) is 5.73 Å². The topological polar surface area (TPSA) is 38.0 Å². The van der Waals surface area contributed by atoms with Crippen LogP contribution in [0.1, 0.15) is 58.3 Å². The number of nitrogens with one attached hydrogen (secondary N) is 1. The summed E-state index contributed by atoms with van der Waals surface area (Å²) in [6, 6.07) is 0.753. The third-order valence-corrected chi connectivity index (χ3v) is 4.66. The maximum Gasteiger partial charge on any atom is 0.0332 e. The molecule has 88 valence electrons. The zero-order chi connectivity index (χ0) is 10.7. The summed E-state index contributed by atoms with van der Waals surface area (Å²) < 4.78 is 0. The molecule has 2 fully saturated rings. The predicted octanol–water partition coefficient (Wildman–Crippen LogP) is 2.43. The standard InChI is InChI=1S/C13H26N2/c1-11-6-5-9-13(11,10-14)15-12-7-3-2-4-8-12/h11-12,15H,2-10,14H2,1H3. The summed E-state index contributed by atoms with van der Waals surface area (Å²) in [7, 11) is 0. The van der Waals surface area contributed by atoms with Gasteiger partial charge < -0.3 is 11.1 Å². The minimum Gasteiger partial charge on any atom is -0.329 e. The lowest BCUT2D eigenvalue weighted by atomic mass is 9.85. The maximum absolute atomic E-state index is 6.01.